The van der Waals surface area contributed by atoms with Crippen LogP contribution in [0.15, 0.2) is 24.3 Å². The van der Waals surface area contributed by atoms with E-state index in [4.69, 9.17) is 9.84 Å². The predicted molar refractivity (Wildman–Crippen MR) is 86.7 cm³/mol. The summed E-state index contributed by atoms with van der Waals surface area (Å²) >= 11 is 0. The molecule has 1 fully saturated rings. The van der Waals surface area contributed by atoms with Gasteiger partial charge in [-0.25, -0.2) is 4.39 Å². The number of benzene rings is 1. The van der Waals surface area contributed by atoms with E-state index in [1.165, 1.54) is 6.07 Å². The lowest BCUT2D eigenvalue weighted by atomic mass is 10.1. The second-order valence-electron chi connectivity index (χ2n) is 5.83. The van der Waals surface area contributed by atoms with E-state index in [9.17, 15) is 9.18 Å². The molecule has 1 atom stereocenters. The summed E-state index contributed by atoms with van der Waals surface area (Å²) in [6, 6.07) is 5.86. The first-order valence-corrected chi connectivity index (χ1v) is 8.13. The molecule has 0 aliphatic carbocycles. The van der Waals surface area contributed by atoms with Crippen LogP contribution in [0.2, 0.25) is 0 Å². The Bertz CT molecular complexity index is 504. The van der Waals surface area contributed by atoms with Crippen LogP contribution >= 0.6 is 0 Å². The van der Waals surface area contributed by atoms with Crippen molar-refractivity contribution in [2.75, 3.05) is 31.6 Å². The van der Waals surface area contributed by atoms with E-state index in [0.717, 1.165) is 25.9 Å². The van der Waals surface area contributed by atoms with Gasteiger partial charge in [-0.2, -0.15) is 0 Å². The number of likely N-dealkylation sites (tertiary alicyclic amines) is 1. The van der Waals surface area contributed by atoms with Gasteiger partial charge in [0.25, 0.3) is 0 Å². The summed E-state index contributed by atoms with van der Waals surface area (Å²) in [4.78, 5) is 14.4. The van der Waals surface area contributed by atoms with E-state index in [1.807, 2.05) is 6.92 Å². The maximum absolute atomic E-state index is 13.6. The molecule has 0 radical (unpaired) electrons. The van der Waals surface area contributed by atoms with Gasteiger partial charge >= 0.3 is 0 Å². The van der Waals surface area contributed by atoms with Crippen LogP contribution in [-0.2, 0) is 9.53 Å². The minimum absolute atomic E-state index is 0.145. The topological polar surface area (TPSA) is 61.8 Å². The van der Waals surface area contributed by atoms with Gasteiger partial charge in [0.05, 0.1) is 17.8 Å². The van der Waals surface area contributed by atoms with Crippen molar-refractivity contribution in [1.29, 1.82) is 0 Å². The van der Waals surface area contributed by atoms with Gasteiger partial charge < -0.3 is 15.2 Å². The first kappa shape index (κ1) is 17.8. The number of nitrogens with zero attached hydrogens (tertiary/aromatic N) is 1. The maximum atomic E-state index is 13.6. The molecular weight excluding hydrogens is 299 g/mol. The highest BCUT2D eigenvalue weighted by Crippen LogP contribution is 2.18. The average Bonchev–Trinajstić information content (AvgIpc) is 2.57. The molecule has 128 valence electrons. The number of anilines is 1. The second-order valence-corrected chi connectivity index (χ2v) is 5.83. The molecule has 1 amide bonds. The summed E-state index contributed by atoms with van der Waals surface area (Å²) < 4.78 is 19.3. The van der Waals surface area contributed by atoms with Crippen LogP contribution in [0, 0.1) is 5.82 Å². The van der Waals surface area contributed by atoms with E-state index in [1.54, 1.807) is 18.2 Å². The van der Waals surface area contributed by atoms with E-state index < -0.39 is 5.82 Å². The SMILES string of the molecule is CC(C(=O)Nc1ccccc1F)N1CCC(OCCCO)CC1. The van der Waals surface area contributed by atoms with E-state index in [0.29, 0.717) is 13.0 Å². The Morgan fingerprint density at radius 3 is 2.78 bits per heavy atom. The lowest BCUT2D eigenvalue weighted by Gasteiger charge is -2.35. The fraction of sp³-hybridized carbons (Fsp3) is 0.588. The quantitative estimate of drug-likeness (QED) is 0.753. The van der Waals surface area contributed by atoms with Crippen LogP contribution in [0.3, 0.4) is 0 Å². The second kappa shape index (κ2) is 8.96. The molecule has 23 heavy (non-hydrogen) atoms. The average molecular weight is 324 g/mol. The highest BCUT2D eigenvalue weighted by atomic mass is 19.1. The van der Waals surface area contributed by atoms with Gasteiger partial charge in [-0.3, -0.25) is 9.69 Å². The Balaban J connectivity index is 1.79. The van der Waals surface area contributed by atoms with Crippen LogP contribution in [0.1, 0.15) is 26.2 Å². The number of para-hydroxylation sites is 1. The number of nitrogens with one attached hydrogen (secondary N) is 1. The molecule has 1 aromatic rings. The molecule has 6 heteroatoms. The van der Waals surface area contributed by atoms with Crippen LogP contribution in [0.25, 0.3) is 0 Å². The third-order valence-electron chi connectivity index (χ3n) is 4.19. The Kier molecular flexibility index (Phi) is 6.95. The zero-order chi connectivity index (χ0) is 16.7. The Morgan fingerprint density at radius 1 is 1.43 bits per heavy atom. The molecule has 0 aromatic heterocycles. The Labute approximate surface area is 136 Å². The summed E-state index contributed by atoms with van der Waals surface area (Å²) in [5, 5.41) is 11.4. The smallest absolute Gasteiger partial charge is 0.241 e. The van der Waals surface area contributed by atoms with Gasteiger partial charge in [0.1, 0.15) is 5.82 Å². The largest absolute Gasteiger partial charge is 0.396 e. The van der Waals surface area contributed by atoms with Gasteiger partial charge in [-0.15, -0.1) is 0 Å². The van der Waals surface area contributed by atoms with Gasteiger partial charge in [0.2, 0.25) is 5.91 Å². The molecule has 2 N–H and O–H groups in total. The number of rotatable bonds is 7. The van der Waals surface area contributed by atoms with Crippen LogP contribution in [-0.4, -0.2) is 54.4 Å². The lowest BCUT2D eigenvalue weighted by molar-refractivity contribution is -0.122. The monoisotopic (exact) mass is 324 g/mol. The van der Waals surface area contributed by atoms with E-state index in [-0.39, 0.29) is 30.3 Å². The zero-order valence-corrected chi connectivity index (χ0v) is 13.5. The van der Waals surface area contributed by atoms with Gasteiger partial charge in [-0.1, -0.05) is 12.1 Å². The van der Waals surface area contributed by atoms with Crippen LogP contribution in [0.5, 0.6) is 0 Å². The third kappa shape index (κ3) is 5.27. The minimum Gasteiger partial charge on any atom is -0.396 e. The van der Waals surface area contributed by atoms with Crippen molar-refractivity contribution in [3.8, 4) is 0 Å². The molecule has 1 saturated heterocycles. The van der Waals surface area contributed by atoms with Crippen molar-refractivity contribution >= 4 is 11.6 Å². The highest BCUT2D eigenvalue weighted by Gasteiger charge is 2.27. The molecular formula is C17H25FN2O3. The number of aliphatic hydroxyl groups is 1. The van der Waals surface area contributed by atoms with E-state index >= 15 is 0 Å². The number of carbonyl (C=O) groups excluding carboxylic acids is 1. The standard InChI is InChI=1S/C17H25FN2O3/c1-13(17(22)19-16-6-3-2-5-15(16)18)20-9-7-14(8-10-20)23-12-4-11-21/h2-3,5-6,13-14,21H,4,7-12H2,1H3,(H,19,22). The lowest BCUT2D eigenvalue weighted by Crippen LogP contribution is -2.47. The fourth-order valence-electron chi connectivity index (χ4n) is 2.71. The number of hydrogen-bond acceptors (Lipinski definition) is 4. The fourth-order valence-corrected chi connectivity index (χ4v) is 2.71. The molecule has 1 aliphatic rings. The molecule has 1 aromatic carbocycles. The molecule has 5 nitrogen and oxygen atoms in total. The Morgan fingerprint density at radius 2 is 2.13 bits per heavy atom. The number of amides is 1. The number of ether oxygens (including phenoxy) is 1. The zero-order valence-electron chi connectivity index (χ0n) is 13.5. The number of halogens is 1. The number of carbonyl (C=O) groups is 1. The van der Waals surface area contributed by atoms with Crippen LogP contribution < -0.4 is 5.32 Å². The summed E-state index contributed by atoms with van der Waals surface area (Å²) in [7, 11) is 0. The summed E-state index contributed by atoms with van der Waals surface area (Å²) in [6.45, 7) is 4.10. The van der Waals surface area contributed by atoms with Crippen molar-refractivity contribution in [3.05, 3.63) is 30.1 Å². The van der Waals surface area contributed by atoms with Gasteiger partial charge in [0.15, 0.2) is 0 Å². The Hall–Kier alpha value is -1.50. The summed E-state index contributed by atoms with van der Waals surface area (Å²) in [5.41, 5.74) is 0.214. The number of piperidine rings is 1. The van der Waals surface area contributed by atoms with Crippen molar-refractivity contribution in [3.63, 3.8) is 0 Å². The summed E-state index contributed by atoms with van der Waals surface area (Å²) in [6.07, 6.45) is 2.58. The van der Waals surface area contributed by atoms with Gasteiger partial charge in [-0.05, 0) is 38.3 Å². The number of hydrogen-bond donors (Lipinski definition) is 2. The third-order valence-corrected chi connectivity index (χ3v) is 4.19. The van der Waals surface area contributed by atoms with Crippen molar-refractivity contribution < 1.29 is 19.0 Å². The van der Waals surface area contributed by atoms with Crippen molar-refractivity contribution in [1.82, 2.24) is 4.90 Å². The molecule has 0 spiro atoms. The molecule has 2 rings (SSSR count). The minimum atomic E-state index is -0.427. The van der Waals surface area contributed by atoms with Gasteiger partial charge in [0, 0.05) is 26.3 Å². The molecule has 0 bridgehead atoms. The normalized spacial score (nSPS) is 17.9. The predicted octanol–water partition coefficient (Wildman–Crippen LogP) is 2.02. The molecule has 0 saturated carbocycles. The maximum Gasteiger partial charge on any atom is 0.241 e. The molecule has 1 unspecified atom stereocenters. The molecule has 1 aliphatic heterocycles. The first-order valence-electron chi connectivity index (χ1n) is 8.13. The van der Waals surface area contributed by atoms with Crippen molar-refractivity contribution in [2.24, 2.45) is 0 Å². The molecule has 1 heterocycles. The first-order chi connectivity index (χ1) is 11.1. The summed E-state index contributed by atoms with van der Waals surface area (Å²) in [5.74, 6) is -0.626. The van der Waals surface area contributed by atoms with Crippen molar-refractivity contribution in [2.45, 2.75) is 38.3 Å². The van der Waals surface area contributed by atoms with Crippen LogP contribution in [0.4, 0.5) is 10.1 Å². The van der Waals surface area contributed by atoms with E-state index in [2.05, 4.69) is 10.2 Å². The highest BCUT2D eigenvalue weighted by molar-refractivity contribution is 5.94. The number of aliphatic hydroxyl groups excluding tert-OH is 1.